The molecule has 0 saturated heterocycles. The summed E-state index contributed by atoms with van der Waals surface area (Å²) in [5, 5.41) is 0. The number of aromatic nitrogens is 3. The second-order valence-electron chi connectivity index (χ2n) is 8.85. The maximum absolute atomic E-state index is 2.20. The van der Waals surface area contributed by atoms with E-state index in [1.165, 1.54) is 16.7 Å². The van der Waals surface area contributed by atoms with Gasteiger partial charge in [-0.1, -0.05) is 49.0 Å². The summed E-state index contributed by atoms with van der Waals surface area (Å²) in [6, 6.07) is 12.9. The molecule has 194 valence electrons. The van der Waals surface area contributed by atoms with Gasteiger partial charge in [0.15, 0.2) is 37.2 Å². The van der Waals surface area contributed by atoms with Crippen molar-refractivity contribution in [3.05, 3.63) is 90.3 Å². The number of hydrogen-bond donors (Lipinski definition) is 0. The van der Waals surface area contributed by atoms with Crippen molar-refractivity contribution in [2.45, 2.75) is 66.7 Å². The third-order valence-corrected chi connectivity index (χ3v) is 5.01. The van der Waals surface area contributed by atoms with Crippen LogP contribution in [0.4, 0.5) is 0 Å². The van der Waals surface area contributed by atoms with Crippen LogP contribution in [-0.4, -0.2) is 0 Å². The normalized spacial score (nSPS) is 9.18. The minimum absolute atomic E-state index is 0. The maximum atomic E-state index is 2.20. The Morgan fingerprint density at radius 2 is 0.588 bits per heavy atom. The highest BCUT2D eigenvalue weighted by molar-refractivity contribution is 5.12. The third-order valence-electron chi connectivity index (χ3n) is 5.01. The molecule has 0 unspecified atom stereocenters. The van der Waals surface area contributed by atoms with Gasteiger partial charge in [-0.15, -0.1) is 0 Å². The van der Waals surface area contributed by atoms with Gasteiger partial charge in [-0.3, -0.25) is 0 Å². The van der Waals surface area contributed by atoms with Gasteiger partial charge < -0.3 is 57.9 Å². The monoisotopic (exact) mass is 709 g/mol. The van der Waals surface area contributed by atoms with E-state index in [0.717, 1.165) is 0 Å². The SMILES string of the molecule is C.CC(C)c1cc[n+](C)cc1.CC(C)c1cc[n+](C)cc1.CC(C)c1cc[n+](C)cc1.[Br-].[Br-].[I-]. The Morgan fingerprint density at radius 3 is 0.706 bits per heavy atom. The molecular weight excluding hydrogens is 665 g/mol. The molecule has 0 bridgehead atoms. The first-order valence-corrected chi connectivity index (χ1v) is 11.0. The molecular formula is C28H46Br2IN3. The van der Waals surface area contributed by atoms with Gasteiger partial charge in [0.2, 0.25) is 0 Å². The Morgan fingerprint density at radius 1 is 0.441 bits per heavy atom. The van der Waals surface area contributed by atoms with E-state index in [9.17, 15) is 0 Å². The molecule has 0 N–H and O–H groups in total. The average molecular weight is 711 g/mol. The molecule has 6 heteroatoms. The number of halogens is 3. The highest BCUT2D eigenvalue weighted by atomic mass is 127. The van der Waals surface area contributed by atoms with Crippen molar-refractivity contribution >= 4 is 0 Å². The van der Waals surface area contributed by atoms with Crippen LogP contribution in [-0.2, 0) is 21.1 Å². The molecule has 3 rings (SSSR count). The molecule has 3 heterocycles. The molecule has 0 saturated carbocycles. The van der Waals surface area contributed by atoms with Gasteiger partial charge in [0.05, 0.1) is 0 Å². The first-order valence-electron chi connectivity index (χ1n) is 11.0. The second-order valence-corrected chi connectivity index (χ2v) is 8.85. The molecule has 0 aromatic carbocycles. The van der Waals surface area contributed by atoms with E-state index < -0.39 is 0 Å². The van der Waals surface area contributed by atoms with E-state index in [-0.39, 0.29) is 65.4 Å². The van der Waals surface area contributed by atoms with Crippen molar-refractivity contribution in [3.8, 4) is 0 Å². The average Bonchev–Trinajstić information content (AvgIpc) is 2.70. The van der Waals surface area contributed by atoms with Gasteiger partial charge >= 0.3 is 0 Å². The van der Waals surface area contributed by atoms with Crippen molar-refractivity contribution in [3.63, 3.8) is 0 Å². The standard InChI is InChI=1S/3C9H14N.CH4.2BrH.HI/c3*1-8(2)9-4-6-10(3)7-5-9;;;;/h3*4-8H,1-3H3;1H4;3*1H/q3*+1;;;;/p-3. The fraction of sp³-hybridized carbons (Fsp3) is 0.464. The van der Waals surface area contributed by atoms with Crippen LogP contribution in [0.5, 0.6) is 0 Å². The minimum Gasteiger partial charge on any atom is -1.00 e. The summed E-state index contributed by atoms with van der Waals surface area (Å²) < 4.78 is 6.14. The fourth-order valence-corrected chi connectivity index (χ4v) is 2.69. The number of hydrogen-bond acceptors (Lipinski definition) is 0. The largest absolute Gasteiger partial charge is 1.00 e. The first-order chi connectivity index (χ1) is 14.1. The predicted octanol–water partition coefficient (Wildman–Crippen LogP) is -3.45. The summed E-state index contributed by atoms with van der Waals surface area (Å²) in [4.78, 5) is 0. The van der Waals surface area contributed by atoms with Gasteiger partial charge in [0.1, 0.15) is 21.1 Å². The van der Waals surface area contributed by atoms with E-state index in [1.54, 1.807) is 0 Å². The molecule has 0 fully saturated rings. The first kappa shape index (κ1) is 40.3. The molecule has 0 atom stereocenters. The van der Waals surface area contributed by atoms with Crippen molar-refractivity contribution < 1.29 is 71.6 Å². The van der Waals surface area contributed by atoms with Crippen LogP contribution in [0.1, 0.15) is 83.4 Å². The Labute approximate surface area is 248 Å². The summed E-state index contributed by atoms with van der Waals surface area (Å²) >= 11 is 0. The van der Waals surface area contributed by atoms with Gasteiger partial charge in [-0.25, -0.2) is 13.7 Å². The van der Waals surface area contributed by atoms with Gasteiger partial charge in [-0.05, 0) is 34.4 Å². The summed E-state index contributed by atoms with van der Waals surface area (Å²) in [6.45, 7) is 13.2. The second kappa shape index (κ2) is 21.4. The van der Waals surface area contributed by atoms with Crippen molar-refractivity contribution in [2.75, 3.05) is 0 Å². The quantitative estimate of drug-likeness (QED) is 0.198. The maximum Gasteiger partial charge on any atom is 0.168 e. The summed E-state index contributed by atoms with van der Waals surface area (Å²) in [5.74, 6) is 1.92. The van der Waals surface area contributed by atoms with E-state index in [0.29, 0.717) is 17.8 Å². The van der Waals surface area contributed by atoms with Crippen molar-refractivity contribution in [1.29, 1.82) is 0 Å². The number of aryl methyl sites for hydroxylation is 3. The Kier molecular flexibility index (Phi) is 25.4. The molecule has 0 aliphatic rings. The predicted molar refractivity (Wildman–Crippen MR) is 132 cm³/mol. The lowest BCUT2D eigenvalue weighted by molar-refractivity contribution is -0.671. The molecule has 0 spiro atoms. The highest BCUT2D eigenvalue weighted by Gasteiger charge is 2.00. The van der Waals surface area contributed by atoms with Crippen LogP contribution in [0.2, 0.25) is 0 Å². The molecule has 3 nitrogen and oxygen atoms in total. The minimum atomic E-state index is 0. The highest BCUT2D eigenvalue weighted by Crippen LogP contribution is 2.11. The van der Waals surface area contributed by atoms with Gasteiger partial charge in [0, 0.05) is 36.4 Å². The Bertz CT molecular complexity index is 731. The van der Waals surface area contributed by atoms with Crippen molar-refractivity contribution in [1.82, 2.24) is 0 Å². The van der Waals surface area contributed by atoms with E-state index >= 15 is 0 Å². The smallest absolute Gasteiger partial charge is 0.168 e. The number of rotatable bonds is 3. The lowest BCUT2D eigenvalue weighted by Gasteiger charge is -2.00. The molecule has 0 radical (unpaired) electrons. The molecule has 0 aliphatic heterocycles. The van der Waals surface area contributed by atoms with Crippen LogP contribution < -0.4 is 71.6 Å². The van der Waals surface area contributed by atoms with Crippen LogP contribution in [0, 0.1) is 0 Å². The van der Waals surface area contributed by atoms with E-state index in [1.807, 2.05) is 34.8 Å². The van der Waals surface area contributed by atoms with Gasteiger partial charge in [0.25, 0.3) is 0 Å². The summed E-state index contributed by atoms with van der Waals surface area (Å²) in [6.07, 6.45) is 12.5. The Balaban J connectivity index is -0.000000187. The van der Waals surface area contributed by atoms with Crippen LogP contribution >= 0.6 is 0 Å². The Hall–Kier alpha value is -0.860. The summed E-state index contributed by atoms with van der Waals surface area (Å²) in [7, 11) is 6.10. The lowest BCUT2D eigenvalue weighted by atomic mass is 10.1. The van der Waals surface area contributed by atoms with Crippen LogP contribution in [0.15, 0.2) is 73.6 Å². The third kappa shape index (κ3) is 16.7. The van der Waals surface area contributed by atoms with Crippen LogP contribution in [0.3, 0.4) is 0 Å². The van der Waals surface area contributed by atoms with Crippen molar-refractivity contribution in [2.24, 2.45) is 21.1 Å². The topological polar surface area (TPSA) is 11.6 Å². The molecule has 0 aliphatic carbocycles. The van der Waals surface area contributed by atoms with E-state index in [2.05, 4.69) is 115 Å². The number of nitrogens with zero attached hydrogens (tertiary/aromatic N) is 3. The molecule has 0 amide bonds. The van der Waals surface area contributed by atoms with Gasteiger partial charge in [-0.2, -0.15) is 0 Å². The summed E-state index contributed by atoms with van der Waals surface area (Å²) in [5.41, 5.74) is 4.20. The molecule has 3 aromatic heterocycles. The van der Waals surface area contributed by atoms with Crippen LogP contribution in [0.25, 0.3) is 0 Å². The zero-order chi connectivity index (χ0) is 22.7. The lowest BCUT2D eigenvalue weighted by Crippen LogP contribution is -3.00. The molecule has 34 heavy (non-hydrogen) atoms. The molecule has 3 aromatic rings. The zero-order valence-corrected chi connectivity index (χ0v) is 27.0. The zero-order valence-electron chi connectivity index (χ0n) is 21.6. The number of pyridine rings is 3. The van der Waals surface area contributed by atoms with E-state index in [4.69, 9.17) is 0 Å². The fourth-order valence-electron chi connectivity index (χ4n) is 2.69.